The lowest BCUT2D eigenvalue weighted by atomic mass is 9.78. The van der Waals surface area contributed by atoms with Gasteiger partial charge < -0.3 is 10.4 Å². The quantitative estimate of drug-likeness (QED) is 0.896. The lowest BCUT2D eigenvalue weighted by molar-refractivity contribution is 0.0956. The zero-order valence-electron chi connectivity index (χ0n) is 8.63. The molecule has 2 nitrogen and oxygen atoms in total. The van der Waals surface area contributed by atoms with E-state index in [1.807, 2.05) is 0 Å². The highest BCUT2D eigenvalue weighted by atomic mass is 79.9. The highest BCUT2D eigenvalue weighted by molar-refractivity contribution is 9.10. The van der Waals surface area contributed by atoms with E-state index in [-0.39, 0.29) is 12.0 Å². The summed E-state index contributed by atoms with van der Waals surface area (Å²) in [5.74, 6) is 0. The second-order valence-electron chi connectivity index (χ2n) is 4.35. The summed E-state index contributed by atoms with van der Waals surface area (Å²) >= 11 is 5.24. The second-order valence-corrected chi connectivity index (χ2v) is 6.26. The summed E-state index contributed by atoms with van der Waals surface area (Å²) < 4.78 is 1.15. The van der Waals surface area contributed by atoms with Crippen molar-refractivity contribution in [2.75, 3.05) is 19.7 Å². The molecule has 2 N–H and O–H groups in total. The minimum Gasteiger partial charge on any atom is -0.396 e. The number of aliphatic hydroxyl groups is 1. The van der Waals surface area contributed by atoms with E-state index in [1.54, 1.807) is 11.3 Å². The molecule has 0 saturated carbocycles. The molecule has 1 saturated heterocycles. The Morgan fingerprint density at radius 3 is 3.00 bits per heavy atom. The summed E-state index contributed by atoms with van der Waals surface area (Å²) in [5.41, 5.74) is 0.0720. The molecule has 1 aliphatic heterocycles. The predicted octanol–water partition coefficient (Wildman–Crippen LogP) is 2.42. The van der Waals surface area contributed by atoms with Gasteiger partial charge in [-0.15, -0.1) is 11.3 Å². The molecule has 1 fully saturated rings. The molecule has 0 spiro atoms. The van der Waals surface area contributed by atoms with Crippen LogP contribution in [0.1, 0.15) is 17.7 Å². The largest absolute Gasteiger partial charge is 0.396 e. The average molecular weight is 290 g/mol. The van der Waals surface area contributed by atoms with E-state index in [2.05, 4.69) is 32.7 Å². The van der Waals surface area contributed by atoms with E-state index < -0.39 is 0 Å². The van der Waals surface area contributed by atoms with Crippen LogP contribution >= 0.6 is 27.3 Å². The first-order chi connectivity index (χ1) is 7.24. The number of rotatable bonds is 3. The molecular weight excluding hydrogens is 274 g/mol. The molecule has 15 heavy (non-hydrogen) atoms. The van der Waals surface area contributed by atoms with Crippen LogP contribution in [0.15, 0.2) is 15.9 Å². The number of aliphatic hydroxyl groups excluding tert-OH is 1. The number of nitrogens with one attached hydrogen (secondary N) is 1. The lowest BCUT2D eigenvalue weighted by Gasteiger charge is -2.35. The maximum atomic E-state index is 9.56. The van der Waals surface area contributed by atoms with Crippen LogP contribution in [0.5, 0.6) is 0 Å². The summed E-state index contributed by atoms with van der Waals surface area (Å²) in [4.78, 5) is 1.36. The van der Waals surface area contributed by atoms with Crippen molar-refractivity contribution in [2.24, 2.45) is 5.41 Å². The molecule has 1 atom stereocenters. The van der Waals surface area contributed by atoms with Gasteiger partial charge in [0, 0.05) is 26.7 Å². The molecule has 1 aromatic heterocycles. The van der Waals surface area contributed by atoms with E-state index in [1.165, 1.54) is 11.3 Å². The molecule has 0 aliphatic carbocycles. The smallest absolute Gasteiger partial charge is 0.0503 e. The molecule has 1 aromatic rings. The van der Waals surface area contributed by atoms with Crippen molar-refractivity contribution in [1.82, 2.24) is 5.32 Å². The van der Waals surface area contributed by atoms with Gasteiger partial charge in [-0.25, -0.2) is 0 Å². The Kier molecular flexibility index (Phi) is 3.83. The minimum atomic E-state index is 0.0720. The monoisotopic (exact) mass is 289 g/mol. The molecule has 1 unspecified atom stereocenters. The van der Waals surface area contributed by atoms with Crippen molar-refractivity contribution in [3.8, 4) is 0 Å². The fourth-order valence-electron chi connectivity index (χ4n) is 2.19. The maximum absolute atomic E-state index is 9.56. The van der Waals surface area contributed by atoms with Crippen molar-refractivity contribution in [2.45, 2.75) is 19.3 Å². The van der Waals surface area contributed by atoms with Gasteiger partial charge in [-0.05, 0) is 47.8 Å². The first-order valence-corrected chi connectivity index (χ1v) is 6.96. The van der Waals surface area contributed by atoms with Gasteiger partial charge in [-0.1, -0.05) is 0 Å². The first kappa shape index (κ1) is 11.6. The van der Waals surface area contributed by atoms with E-state index in [9.17, 15) is 5.11 Å². The molecule has 84 valence electrons. The Hall–Kier alpha value is 0.1000. The zero-order valence-corrected chi connectivity index (χ0v) is 11.0. The Morgan fingerprint density at radius 1 is 1.60 bits per heavy atom. The number of hydrogen-bond acceptors (Lipinski definition) is 3. The van der Waals surface area contributed by atoms with Crippen molar-refractivity contribution >= 4 is 27.3 Å². The van der Waals surface area contributed by atoms with Gasteiger partial charge in [0.25, 0.3) is 0 Å². The van der Waals surface area contributed by atoms with Gasteiger partial charge in [0.2, 0.25) is 0 Å². The molecule has 2 heterocycles. The molecule has 0 radical (unpaired) electrons. The molecular formula is C11H16BrNOS. The fraction of sp³-hybridized carbons (Fsp3) is 0.636. The van der Waals surface area contributed by atoms with Gasteiger partial charge in [0.15, 0.2) is 0 Å². The van der Waals surface area contributed by atoms with Gasteiger partial charge >= 0.3 is 0 Å². The SMILES string of the molecule is OCC1(Cc2cc(Br)cs2)CCCNC1. The van der Waals surface area contributed by atoms with Crippen LogP contribution in [0.2, 0.25) is 0 Å². The van der Waals surface area contributed by atoms with Crippen molar-refractivity contribution in [3.63, 3.8) is 0 Å². The summed E-state index contributed by atoms with van der Waals surface area (Å²) in [7, 11) is 0. The van der Waals surface area contributed by atoms with Gasteiger partial charge in [0.05, 0.1) is 6.61 Å². The number of piperidine rings is 1. The standard InChI is InChI=1S/C11H16BrNOS/c12-9-4-10(15-6-9)5-11(8-14)2-1-3-13-7-11/h4,6,13-14H,1-3,5,7-8H2. The van der Waals surface area contributed by atoms with Crippen LogP contribution < -0.4 is 5.32 Å². The number of halogens is 1. The highest BCUT2D eigenvalue weighted by Gasteiger charge is 2.31. The average Bonchev–Trinajstić information content (AvgIpc) is 2.65. The zero-order chi connectivity index (χ0) is 10.7. The Morgan fingerprint density at radius 2 is 2.47 bits per heavy atom. The number of hydrogen-bond donors (Lipinski definition) is 2. The van der Waals surface area contributed by atoms with Crippen molar-refractivity contribution in [1.29, 1.82) is 0 Å². The van der Waals surface area contributed by atoms with Crippen LogP contribution in [0.25, 0.3) is 0 Å². The van der Waals surface area contributed by atoms with E-state index in [4.69, 9.17) is 0 Å². The Labute approximate surface area is 103 Å². The third-order valence-corrected chi connectivity index (χ3v) is 4.76. The third kappa shape index (κ3) is 2.81. The fourth-order valence-corrected chi connectivity index (χ4v) is 3.81. The van der Waals surface area contributed by atoms with Crippen LogP contribution in [0, 0.1) is 5.41 Å². The third-order valence-electron chi connectivity index (χ3n) is 3.07. The van der Waals surface area contributed by atoms with Crippen molar-refractivity contribution in [3.05, 3.63) is 20.8 Å². The Balaban J connectivity index is 2.06. The normalized spacial score (nSPS) is 26.8. The molecule has 4 heteroatoms. The van der Waals surface area contributed by atoms with Crippen LogP contribution in [-0.4, -0.2) is 24.8 Å². The van der Waals surface area contributed by atoms with Gasteiger partial charge in [-0.2, -0.15) is 0 Å². The number of thiophene rings is 1. The maximum Gasteiger partial charge on any atom is 0.0503 e. The summed E-state index contributed by atoms with van der Waals surface area (Å²) in [6, 6.07) is 2.16. The molecule has 0 bridgehead atoms. The predicted molar refractivity (Wildman–Crippen MR) is 67.3 cm³/mol. The second kappa shape index (κ2) is 4.95. The van der Waals surface area contributed by atoms with Crippen LogP contribution in [-0.2, 0) is 6.42 Å². The summed E-state index contributed by atoms with van der Waals surface area (Å²) in [6.45, 7) is 2.32. The van der Waals surface area contributed by atoms with E-state index >= 15 is 0 Å². The van der Waals surface area contributed by atoms with E-state index in [0.29, 0.717) is 0 Å². The highest BCUT2D eigenvalue weighted by Crippen LogP contribution is 2.33. The van der Waals surface area contributed by atoms with Crippen molar-refractivity contribution < 1.29 is 5.11 Å². The molecule has 2 rings (SSSR count). The molecule has 1 aliphatic rings. The van der Waals surface area contributed by atoms with Crippen LogP contribution in [0.4, 0.5) is 0 Å². The summed E-state index contributed by atoms with van der Waals surface area (Å²) in [6.07, 6.45) is 3.30. The first-order valence-electron chi connectivity index (χ1n) is 5.29. The van der Waals surface area contributed by atoms with Gasteiger partial charge in [0.1, 0.15) is 0 Å². The van der Waals surface area contributed by atoms with Gasteiger partial charge in [-0.3, -0.25) is 0 Å². The van der Waals surface area contributed by atoms with E-state index in [0.717, 1.165) is 30.4 Å². The van der Waals surface area contributed by atoms with Crippen LogP contribution in [0.3, 0.4) is 0 Å². The minimum absolute atomic E-state index is 0.0720. The lowest BCUT2D eigenvalue weighted by Crippen LogP contribution is -2.43. The topological polar surface area (TPSA) is 32.3 Å². The summed E-state index contributed by atoms with van der Waals surface area (Å²) in [5, 5.41) is 15.1. The molecule has 0 aromatic carbocycles. The molecule has 0 amide bonds. The Bertz CT molecular complexity index is 320.